The zero-order chi connectivity index (χ0) is 12.9. The van der Waals surface area contributed by atoms with Crippen molar-refractivity contribution in [3.63, 3.8) is 0 Å². The molecule has 0 N–H and O–H groups in total. The fourth-order valence-corrected chi connectivity index (χ4v) is 5.10. The molecule has 0 aromatic heterocycles. The molecular weight excluding hydrogens is 224 g/mol. The lowest BCUT2D eigenvalue weighted by Gasteiger charge is -2.60. The predicted octanol–water partition coefficient (Wildman–Crippen LogP) is 3.79. The van der Waals surface area contributed by atoms with Crippen LogP contribution in [0, 0.1) is 29.6 Å². The van der Waals surface area contributed by atoms with E-state index in [1.807, 2.05) is 13.8 Å². The van der Waals surface area contributed by atoms with Crippen molar-refractivity contribution >= 4 is 5.97 Å². The normalized spacial score (nSPS) is 45.6. The van der Waals surface area contributed by atoms with E-state index < -0.39 is 0 Å². The van der Waals surface area contributed by atoms with Crippen molar-refractivity contribution in [2.45, 2.75) is 64.9 Å². The number of hydrogen-bond donors (Lipinski definition) is 0. The van der Waals surface area contributed by atoms with Crippen LogP contribution in [-0.2, 0) is 9.53 Å². The topological polar surface area (TPSA) is 26.3 Å². The van der Waals surface area contributed by atoms with Crippen LogP contribution in [-0.4, -0.2) is 11.6 Å². The number of carbonyl (C=O) groups is 1. The van der Waals surface area contributed by atoms with E-state index in [1.165, 1.54) is 32.1 Å². The van der Waals surface area contributed by atoms with E-state index in [2.05, 4.69) is 6.92 Å². The summed E-state index contributed by atoms with van der Waals surface area (Å²) in [5.41, 5.74) is -0.102. The van der Waals surface area contributed by atoms with Crippen molar-refractivity contribution < 1.29 is 9.53 Å². The lowest BCUT2D eigenvalue weighted by Crippen LogP contribution is -2.59. The maximum Gasteiger partial charge on any atom is 0.308 e. The van der Waals surface area contributed by atoms with E-state index in [4.69, 9.17) is 4.74 Å². The quantitative estimate of drug-likeness (QED) is 0.712. The van der Waals surface area contributed by atoms with Gasteiger partial charge in [0, 0.05) is 0 Å². The van der Waals surface area contributed by atoms with Crippen LogP contribution in [0.2, 0.25) is 0 Å². The van der Waals surface area contributed by atoms with E-state index in [-0.39, 0.29) is 17.5 Å². The van der Waals surface area contributed by atoms with Gasteiger partial charge >= 0.3 is 5.97 Å². The first-order chi connectivity index (χ1) is 8.55. The molecule has 0 aromatic rings. The summed E-state index contributed by atoms with van der Waals surface area (Å²) >= 11 is 0. The van der Waals surface area contributed by atoms with Crippen LogP contribution in [0.5, 0.6) is 0 Å². The van der Waals surface area contributed by atoms with Crippen molar-refractivity contribution in [1.29, 1.82) is 0 Å². The molecule has 102 valence electrons. The number of esters is 1. The zero-order valence-electron chi connectivity index (χ0n) is 11.9. The monoisotopic (exact) mass is 250 g/mol. The van der Waals surface area contributed by atoms with Gasteiger partial charge in [-0.1, -0.05) is 20.8 Å². The van der Waals surface area contributed by atoms with Gasteiger partial charge in [-0.15, -0.1) is 0 Å². The molecule has 0 heterocycles. The number of ether oxygens (including phenoxy) is 1. The van der Waals surface area contributed by atoms with Crippen LogP contribution in [0.3, 0.4) is 0 Å². The first-order valence-electron chi connectivity index (χ1n) is 7.78. The molecule has 0 aliphatic heterocycles. The van der Waals surface area contributed by atoms with Crippen LogP contribution < -0.4 is 0 Å². The van der Waals surface area contributed by atoms with Crippen LogP contribution in [0.25, 0.3) is 0 Å². The Balaban J connectivity index is 1.85. The molecule has 2 heteroatoms. The fraction of sp³-hybridized carbons (Fsp3) is 0.938. The Bertz CT molecular complexity index is 317. The van der Waals surface area contributed by atoms with Gasteiger partial charge < -0.3 is 4.74 Å². The van der Waals surface area contributed by atoms with E-state index in [1.54, 1.807) is 0 Å². The molecule has 4 aliphatic carbocycles. The van der Waals surface area contributed by atoms with Crippen molar-refractivity contribution in [3.8, 4) is 0 Å². The molecule has 0 saturated heterocycles. The maximum absolute atomic E-state index is 12.1. The Morgan fingerprint density at radius 2 is 1.61 bits per heavy atom. The first-order valence-corrected chi connectivity index (χ1v) is 7.78. The third-order valence-corrected chi connectivity index (χ3v) is 5.83. The molecule has 4 saturated carbocycles. The molecule has 0 amide bonds. The minimum Gasteiger partial charge on any atom is -0.458 e. The van der Waals surface area contributed by atoms with E-state index in [9.17, 15) is 4.79 Å². The highest BCUT2D eigenvalue weighted by molar-refractivity contribution is 5.72. The summed E-state index contributed by atoms with van der Waals surface area (Å²) in [6.45, 7) is 6.11. The largest absolute Gasteiger partial charge is 0.458 e. The summed E-state index contributed by atoms with van der Waals surface area (Å²) in [4.78, 5) is 12.1. The van der Waals surface area contributed by atoms with E-state index >= 15 is 0 Å². The van der Waals surface area contributed by atoms with E-state index in [0.717, 1.165) is 18.3 Å². The highest BCUT2D eigenvalue weighted by atomic mass is 16.6. The van der Waals surface area contributed by atoms with Gasteiger partial charge in [0.1, 0.15) is 5.60 Å². The Labute approximate surface area is 110 Å². The second-order valence-electron chi connectivity index (χ2n) is 7.19. The molecule has 0 aromatic carbocycles. The second kappa shape index (κ2) is 4.25. The van der Waals surface area contributed by atoms with Gasteiger partial charge in [-0.05, 0) is 62.2 Å². The third kappa shape index (κ3) is 1.71. The van der Waals surface area contributed by atoms with Crippen molar-refractivity contribution in [2.24, 2.45) is 29.6 Å². The Morgan fingerprint density at radius 3 is 2.00 bits per heavy atom. The summed E-state index contributed by atoms with van der Waals surface area (Å²) in [6, 6.07) is 0. The lowest BCUT2D eigenvalue weighted by molar-refractivity contribution is -0.213. The average Bonchev–Trinajstić information content (AvgIpc) is 2.32. The summed E-state index contributed by atoms with van der Waals surface area (Å²) in [7, 11) is 0. The standard InChI is InChI=1S/C16H26O2/c1-4-16(18-15(17)10(2)3)13-6-11-5-12(8-13)9-14(16)7-11/h10-14H,4-9H2,1-3H3. The summed E-state index contributed by atoms with van der Waals surface area (Å²) in [5, 5.41) is 0. The van der Waals surface area contributed by atoms with Gasteiger partial charge in [0.05, 0.1) is 5.92 Å². The third-order valence-electron chi connectivity index (χ3n) is 5.83. The molecule has 0 unspecified atom stereocenters. The number of rotatable bonds is 3. The minimum absolute atomic E-state index is 0.00520. The summed E-state index contributed by atoms with van der Waals surface area (Å²) < 4.78 is 6.09. The van der Waals surface area contributed by atoms with Crippen molar-refractivity contribution in [1.82, 2.24) is 0 Å². The first kappa shape index (κ1) is 12.5. The molecule has 0 atom stereocenters. The van der Waals surface area contributed by atoms with Gasteiger partial charge in [0.2, 0.25) is 0 Å². The average molecular weight is 250 g/mol. The van der Waals surface area contributed by atoms with Crippen LogP contribution >= 0.6 is 0 Å². The fourth-order valence-electron chi connectivity index (χ4n) is 5.10. The molecule has 0 radical (unpaired) electrons. The summed E-state index contributed by atoms with van der Waals surface area (Å²) in [5.74, 6) is 3.20. The Morgan fingerprint density at radius 1 is 1.11 bits per heavy atom. The maximum atomic E-state index is 12.1. The van der Waals surface area contributed by atoms with Crippen LogP contribution in [0.15, 0.2) is 0 Å². The Hall–Kier alpha value is -0.530. The van der Waals surface area contributed by atoms with Crippen LogP contribution in [0.1, 0.15) is 59.3 Å². The molecule has 4 fully saturated rings. The number of carbonyl (C=O) groups excluding carboxylic acids is 1. The molecule has 4 bridgehead atoms. The Kier molecular flexibility index (Phi) is 2.95. The highest BCUT2D eigenvalue weighted by Gasteiger charge is 2.58. The molecule has 2 nitrogen and oxygen atoms in total. The molecule has 0 spiro atoms. The smallest absolute Gasteiger partial charge is 0.308 e. The zero-order valence-corrected chi connectivity index (χ0v) is 11.9. The van der Waals surface area contributed by atoms with Gasteiger partial charge in [-0.2, -0.15) is 0 Å². The molecule has 18 heavy (non-hydrogen) atoms. The van der Waals surface area contributed by atoms with Crippen LogP contribution in [0.4, 0.5) is 0 Å². The van der Waals surface area contributed by atoms with Gasteiger partial charge in [0.25, 0.3) is 0 Å². The minimum atomic E-state index is -0.102. The van der Waals surface area contributed by atoms with Gasteiger partial charge in [-0.3, -0.25) is 4.79 Å². The lowest BCUT2D eigenvalue weighted by atomic mass is 9.49. The van der Waals surface area contributed by atoms with E-state index in [0.29, 0.717) is 11.8 Å². The highest BCUT2D eigenvalue weighted by Crippen LogP contribution is 2.60. The molecular formula is C16H26O2. The molecule has 4 rings (SSSR count). The van der Waals surface area contributed by atoms with Gasteiger partial charge in [0.15, 0.2) is 0 Å². The molecule has 4 aliphatic rings. The van der Waals surface area contributed by atoms with Crippen molar-refractivity contribution in [3.05, 3.63) is 0 Å². The van der Waals surface area contributed by atoms with Crippen molar-refractivity contribution in [2.75, 3.05) is 0 Å². The summed E-state index contributed by atoms with van der Waals surface area (Å²) in [6.07, 6.45) is 7.71. The predicted molar refractivity (Wildman–Crippen MR) is 71.0 cm³/mol. The number of hydrogen-bond acceptors (Lipinski definition) is 2. The second-order valence-corrected chi connectivity index (χ2v) is 7.19. The SMILES string of the molecule is CCC1(OC(=O)C(C)C)C2CC3CC(C2)CC1C3. The van der Waals surface area contributed by atoms with Gasteiger partial charge in [-0.25, -0.2) is 0 Å².